The Morgan fingerprint density at radius 1 is 1.30 bits per heavy atom. The van der Waals surface area contributed by atoms with E-state index in [0.29, 0.717) is 34.3 Å². The molecular formula is C14H12Cl2N4O3. The van der Waals surface area contributed by atoms with Gasteiger partial charge in [-0.1, -0.05) is 23.2 Å². The molecule has 0 aliphatic carbocycles. The molecule has 1 aliphatic heterocycles. The summed E-state index contributed by atoms with van der Waals surface area (Å²) in [4.78, 5) is 25.0. The first-order valence-electron chi connectivity index (χ1n) is 6.76. The lowest BCUT2D eigenvalue weighted by Gasteiger charge is -2.27. The fourth-order valence-electron chi connectivity index (χ4n) is 2.42. The lowest BCUT2D eigenvalue weighted by atomic mass is 10.1. The van der Waals surface area contributed by atoms with E-state index in [1.807, 2.05) is 0 Å². The molecule has 7 nitrogen and oxygen atoms in total. The number of H-pyrrole nitrogens is 1. The molecular weight excluding hydrogens is 343 g/mol. The van der Waals surface area contributed by atoms with Crippen LogP contribution >= 0.6 is 23.2 Å². The summed E-state index contributed by atoms with van der Waals surface area (Å²) in [6.45, 7) is 0.641. The van der Waals surface area contributed by atoms with Crippen LogP contribution in [0.1, 0.15) is 21.7 Å². The number of halogens is 2. The molecule has 0 fully saturated rings. The molecule has 3 N–H and O–H groups in total. The minimum atomic E-state index is -1.12. The molecule has 1 aliphatic rings. The molecule has 9 heteroatoms. The number of nitrogens with one attached hydrogen (secondary N) is 2. The molecule has 0 spiro atoms. The average molecular weight is 355 g/mol. The molecule has 1 aromatic heterocycles. The quantitative estimate of drug-likeness (QED) is 0.771. The Bertz CT molecular complexity index is 790. The summed E-state index contributed by atoms with van der Waals surface area (Å²) in [5, 5.41) is 19.1. The van der Waals surface area contributed by atoms with Crippen molar-refractivity contribution in [3.8, 4) is 0 Å². The van der Waals surface area contributed by atoms with Gasteiger partial charge in [0.25, 0.3) is 0 Å². The van der Waals surface area contributed by atoms with Gasteiger partial charge in [-0.25, -0.2) is 9.59 Å². The minimum Gasteiger partial charge on any atom is -0.476 e. The van der Waals surface area contributed by atoms with Crippen LogP contribution in [0, 0.1) is 0 Å². The number of urea groups is 1. The van der Waals surface area contributed by atoms with Gasteiger partial charge in [0.2, 0.25) is 0 Å². The summed E-state index contributed by atoms with van der Waals surface area (Å²) in [7, 11) is 0. The zero-order valence-electron chi connectivity index (χ0n) is 11.8. The maximum atomic E-state index is 12.3. The SMILES string of the molecule is O=C(O)c1n[nH]c2c1CN(C(=O)Nc1ccc(Cl)c(Cl)c1)CC2. The molecule has 120 valence electrons. The van der Waals surface area contributed by atoms with Crippen molar-refractivity contribution in [2.24, 2.45) is 0 Å². The third kappa shape index (κ3) is 3.11. The molecule has 23 heavy (non-hydrogen) atoms. The number of aromatic nitrogens is 2. The molecule has 2 aromatic rings. The predicted molar refractivity (Wildman–Crippen MR) is 85.1 cm³/mol. The summed E-state index contributed by atoms with van der Waals surface area (Å²) in [5.41, 5.74) is 1.75. The Morgan fingerprint density at radius 3 is 2.78 bits per heavy atom. The molecule has 3 rings (SSSR count). The van der Waals surface area contributed by atoms with E-state index in [-0.39, 0.29) is 18.3 Å². The molecule has 2 heterocycles. The normalized spacial score (nSPS) is 13.6. The monoisotopic (exact) mass is 354 g/mol. The van der Waals surface area contributed by atoms with Crippen molar-refractivity contribution in [3.05, 3.63) is 45.2 Å². The Morgan fingerprint density at radius 2 is 2.09 bits per heavy atom. The number of fused-ring (bicyclic) bond motifs is 1. The van der Waals surface area contributed by atoms with Crippen LogP contribution in [0.25, 0.3) is 0 Å². The van der Waals surface area contributed by atoms with Crippen LogP contribution < -0.4 is 5.32 Å². The standard InChI is InChI=1S/C14H12Cl2N4O3/c15-9-2-1-7(5-10(9)16)17-14(23)20-4-3-11-8(6-20)12(13(21)22)19-18-11/h1-2,5H,3-4,6H2,(H,17,23)(H,18,19)(H,21,22). The zero-order valence-corrected chi connectivity index (χ0v) is 13.3. The number of carbonyl (C=O) groups is 2. The van der Waals surface area contributed by atoms with Gasteiger partial charge in [0.15, 0.2) is 5.69 Å². The van der Waals surface area contributed by atoms with Crippen molar-refractivity contribution in [2.75, 3.05) is 11.9 Å². The smallest absolute Gasteiger partial charge is 0.356 e. The maximum absolute atomic E-state index is 12.3. The Kier molecular flexibility index (Phi) is 4.14. The summed E-state index contributed by atoms with van der Waals surface area (Å²) in [6, 6.07) is 4.44. The summed E-state index contributed by atoms with van der Waals surface area (Å²) in [6.07, 6.45) is 0.518. The van der Waals surface area contributed by atoms with Crippen molar-refractivity contribution in [1.82, 2.24) is 15.1 Å². The number of anilines is 1. The van der Waals surface area contributed by atoms with E-state index in [9.17, 15) is 9.59 Å². The van der Waals surface area contributed by atoms with Gasteiger partial charge in [0, 0.05) is 29.9 Å². The van der Waals surface area contributed by atoms with Crippen molar-refractivity contribution in [3.63, 3.8) is 0 Å². The molecule has 0 radical (unpaired) electrons. The van der Waals surface area contributed by atoms with E-state index in [4.69, 9.17) is 28.3 Å². The number of hydrogen-bond acceptors (Lipinski definition) is 3. The van der Waals surface area contributed by atoms with Gasteiger partial charge in [-0.15, -0.1) is 0 Å². The summed E-state index contributed by atoms with van der Waals surface area (Å²) in [5.74, 6) is -1.12. The Labute approximate surface area is 141 Å². The van der Waals surface area contributed by atoms with Gasteiger partial charge in [0.05, 0.1) is 16.6 Å². The van der Waals surface area contributed by atoms with Gasteiger partial charge in [0.1, 0.15) is 0 Å². The summed E-state index contributed by atoms with van der Waals surface area (Å²) < 4.78 is 0. The number of carbonyl (C=O) groups excluding carboxylic acids is 1. The molecule has 0 unspecified atom stereocenters. The van der Waals surface area contributed by atoms with Crippen molar-refractivity contribution in [1.29, 1.82) is 0 Å². The third-order valence-electron chi connectivity index (χ3n) is 3.59. The van der Waals surface area contributed by atoms with Crippen molar-refractivity contribution >= 4 is 40.9 Å². The van der Waals surface area contributed by atoms with Crippen LogP contribution in [0.3, 0.4) is 0 Å². The highest BCUT2D eigenvalue weighted by atomic mass is 35.5. The third-order valence-corrected chi connectivity index (χ3v) is 4.33. The topological polar surface area (TPSA) is 98.3 Å². The van der Waals surface area contributed by atoms with Crippen molar-refractivity contribution < 1.29 is 14.7 Å². The molecule has 0 bridgehead atoms. The molecule has 2 amide bonds. The number of benzene rings is 1. The Hall–Kier alpha value is -2.25. The number of aromatic carboxylic acids is 1. The zero-order chi connectivity index (χ0) is 16.6. The van der Waals surface area contributed by atoms with Crippen LogP contribution in [-0.2, 0) is 13.0 Å². The van der Waals surface area contributed by atoms with Crippen LogP contribution in [0.5, 0.6) is 0 Å². The fourth-order valence-corrected chi connectivity index (χ4v) is 2.72. The van der Waals surface area contributed by atoms with Crippen LogP contribution in [0.4, 0.5) is 10.5 Å². The highest BCUT2D eigenvalue weighted by Crippen LogP contribution is 2.26. The second-order valence-electron chi connectivity index (χ2n) is 5.07. The van der Waals surface area contributed by atoms with E-state index in [1.165, 1.54) is 4.90 Å². The van der Waals surface area contributed by atoms with Gasteiger partial charge in [-0.05, 0) is 18.2 Å². The van der Waals surface area contributed by atoms with Crippen molar-refractivity contribution in [2.45, 2.75) is 13.0 Å². The van der Waals surface area contributed by atoms with Crippen LogP contribution in [0.2, 0.25) is 10.0 Å². The molecule has 1 aromatic carbocycles. The van der Waals surface area contributed by atoms with E-state index < -0.39 is 5.97 Å². The number of nitrogens with zero attached hydrogens (tertiary/aromatic N) is 2. The lowest BCUT2D eigenvalue weighted by molar-refractivity contribution is 0.0688. The highest BCUT2D eigenvalue weighted by Gasteiger charge is 2.27. The highest BCUT2D eigenvalue weighted by molar-refractivity contribution is 6.42. The maximum Gasteiger partial charge on any atom is 0.356 e. The minimum absolute atomic E-state index is 0.0490. The molecule has 0 saturated carbocycles. The number of carboxylic acid groups (broad SMARTS) is 1. The largest absolute Gasteiger partial charge is 0.476 e. The van der Waals surface area contributed by atoms with Crippen LogP contribution in [-0.4, -0.2) is 38.7 Å². The first-order chi connectivity index (χ1) is 11.0. The Balaban J connectivity index is 1.75. The fraction of sp³-hybridized carbons (Fsp3) is 0.214. The number of rotatable bonds is 2. The van der Waals surface area contributed by atoms with Gasteiger partial charge in [-0.2, -0.15) is 5.10 Å². The van der Waals surface area contributed by atoms with E-state index in [2.05, 4.69) is 15.5 Å². The second kappa shape index (κ2) is 6.10. The molecule has 0 saturated heterocycles. The van der Waals surface area contributed by atoms with E-state index in [0.717, 1.165) is 5.69 Å². The number of amides is 2. The lowest BCUT2D eigenvalue weighted by Crippen LogP contribution is -2.39. The van der Waals surface area contributed by atoms with Gasteiger partial charge < -0.3 is 15.3 Å². The number of carboxylic acids is 1. The first-order valence-corrected chi connectivity index (χ1v) is 7.51. The second-order valence-corrected chi connectivity index (χ2v) is 5.88. The van der Waals surface area contributed by atoms with Crippen LogP contribution in [0.15, 0.2) is 18.2 Å². The number of aromatic amines is 1. The van der Waals surface area contributed by atoms with E-state index in [1.54, 1.807) is 18.2 Å². The molecule has 0 atom stereocenters. The number of hydrogen-bond donors (Lipinski definition) is 3. The summed E-state index contributed by atoms with van der Waals surface area (Å²) >= 11 is 11.8. The first kappa shape index (κ1) is 15.6. The van der Waals surface area contributed by atoms with E-state index >= 15 is 0 Å². The van der Waals surface area contributed by atoms with Gasteiger partial charge >= 0.3 is 12.0 Å². The van der Waals surface area contributed by atoms with Gasteiger partial charge in [-0.3, -0.25) is 5.10 Å². The predicted octanol–water partition coefficient (Wildman–Crippen LogP) is 3.00. The average Bonchev–Trinajstić information content (AvgIpc) is 2.94.